The normalized spacial score (nSPS) is 23.5. The minimum atomic E-state index is -0.687. The Bertz CT molecular complexity index is 1730. The fourth-order valence-electron chi connectivity index (χ4n) is 7.79. The first-order valence-electron chi connectivity index (χ1n) is 16.7. The van der Waals surface area contributed by atoms with Crippen molar-refractivity contribution in [1.29, 1.82) is 0 Å². The summed E-state index contributed by atoms with van der Waals surface area (Å²) in [6.07, 6.45) is 8.15. The number of carbonyl (C=O) groups excluding carboxylic acids is 5. The second kappa shape index (κ2) is 13.2. The standard InChI is InChI=1S/C36H38N6O6/c1-37-32(43)25-8-2-3-9-26(25)34(45)41-16-13-22-7-6-12-30(48-24-14-15-40(19-24)33(44)23-17-38-21-39-18-23)31(22)29(41)20-42-35(46)27-10-4-5-11-28(27)36(42)47/h4-7,10-12,17-18,21,24-26,29H,2-3,8-9,13-16,19-20H2,1H3,(H,37,43)/t24-,25-,26+,29?/m0/s1. The summed E-state index contributed by atoms with van der Waals surface area (Å²) < 4.78 is 6.63. The number of imide groups is 1. The zero-order valence-corrected chi connectivity index (χ0v) is 26.8. The average molecular weight is 651 g/mol. The van der Waals surface area contributed by atoms with Crippen molar-refractivity contribution in [1.82, 2.24) is 30.0 Å². The van der Waals surface area contributed by atoms with Crippen molar-refractivity contribution in [3.8, 4) is 5.75 Å². The molecule has 2 aromatic carbocycles. The van der Waals surface area contributed by atoms with Gasteiger partial charge in [0.25, 0.3) is 17.7 Å². The third-order valence-corrected chi connectivity index (χ3v) is 10.2. The van der Waals surface area contributed by atoms with E-state index in [1.165, 1.54) is 23.6 Å². The number of fused-ring (bicyclic) bond motifs is 2. The van der Waals surface area contributed by atoms with Gasteiger partial charge in [0.05, 0.1) is 35.8 Å². The lowest BCUT2D eigenvalue weighted by Crippen LogP contribution is -2.51. The van der Waals surface area contributed by atoms with Crippen LogP contribution in [0.2, 0.25) is 0 Å². The molecule has 2 fully saturated rings. The highest BCUT2D eigenvalue weighted by Crippen LogP contribution is 2.42. The van der Waals surface area contributed by atoms with Gasteiger partial charge in [-0.15, -0.1) is 0 Å². The second-order valence-electron chi connectivity index (χ2n) is 12.9. The van der Waals surface area contributed by atoms with Gasteiger partial charge in [-0.1, -0.05) is 37.1 Å². The number of hydrogen-bond donors (Lipinski definition) is 1. The highest BCUT2D eigenvalue weighted by molar-refractivity contribution is 6.21. The molecular weight excluding hydrogens is 612 g/mol. The number of aromatic nitrogens is 2. The molecule has 12 heteroatoms. The van der Waals surface area contributed by atoms with Crippen molar-refractivity contribution in [2.24, 2.45) is 11.8 Å². The summed E-state index contributed by atoms with van der Waals surface area (Å²) in [7, 11) is 1.59. The summed E-state index contributed by atoms with van der Waals surface area (Å²) in [5.74, 6) is -1.65. The molecule has 248 valence electrons. The minimum absolute atomic E-state index is 0.0495. The third kappa shape index (κ3) is 5.69. The number of rotatable bonds is 7. The zero-order valence-electron chi connectivity index (χ0n) is 26.8. The van der Waals surface area contributed by atoms with Crippen LogP contribution in [-0.2, 0) is 16.0 Å². The number of nitrogens with zero attached hydrogens (tertiary/aromatic N) is 5. The van der Waals surface area contributed by atoms with Crippen LogP contribution >= 0.6 is 0 Å². The van der Waals surface area contributed by atoms with Crippen molar-refractivity contribution in [2.45, 2.75) is 50.7 Å². The van der Waals surface area contributed by atoms with E-state index in [1.54, 1.807) is 41.1 Å². The van der Waals surface area contributed by atoms with Crippen LogP contribution in [0.5, 0.6) is 5.75 Å². The van der Waals surface area contributed by atoms with Gasteiger partial charge in [0.2, 0.25) is 11.8 Å². The molecule has 1 unspecified atom stereocenters. The molecule has 1 saturated heterocycles. The van der Waals surface area contributed by atoms with Crippen LogP contribution in [0.15, 0.2) is 61.2 Å². The Labute approximate surface area is 278 Å². The van der Waals surface area contributed by atoms with E-state index in [0.717, 1.165) is 24.0 Å². The van der Waals surface area contributed by atoms with Gasteiger partial charge in [-0.05, 0) is 43.0 Å². The second-order valence-corrected chi connectivity index (χ2v) is 12.9. The van der Waals surface area contributed by atoms with Crippen molar-refractivity contribution >= 4 is 29.5 Å². The maximum Gasteiger partial charge on any atom is 0.261 e. The molecule has 4 heterocycles. The van der Waals surface area contributed by atoms with Gasteiger partial charge >= 0.3 is 0 Å². The van der Waals surface area contributed by atoms with Crippen LogP contribution in [0.4, 0.5) is 0 Å². The summed E-state index contributed by atoms with van der Waals surface area (Å²) in [5.41, 5.74) is 2.81. The highest BCUT2D eigenvalue weighted by atomic mass is 16.5. The lowest BCUT2D eigenvalue weighted by molar-refractivity contribution is -0.146. The molecule has 0 spiro atoms. The van der Waals surface area contributed by atoms with E-state index in [1.807, 2.05) is 18.2 Å². The number of benzene rings is 2. The Morgan fingerprint density at radius 1 is 0.896 bits per heavy atom. The van der Waals surface area contributed by atoms with E-state index in [-0.39, 0.29) is 30.4 Å². The smallest absolute Gasteiger partial charge is 0.261 e. The van der Waals surface area contributed by atoms with Gasteiger partial charge in [0, 0.05) is 56.4 Å². The number of hydrogen-bond acceptors (Lipinski definition) is 8. The fourth-order valence-corrected chi connectivity index (χ4v) is 7.79. The molecule has 4 atom stereocenters. The Morgan fingerprint density at radius 3 is 2.31 bits per heavy atom. The summed E-state index contributed by atoms with van der Waals surface area (Å²) >= 11 is 0. The number of nitrogens with one attached hydrogen (secondary N) is 1. The molecule has 0 radical (unpaired) electrons. The van der Waals surface area contributed by atoms with Crippen LogP contribution in [-0.4, -0.2) is 93.5 Å². The molecule has 0 bridgehead atoms. The molecule has 5 amide bonds. The topological polar surface area (TPSA) is 142 Å². The lowest BCUT2D eigenvalue weighted by atomic mass is 9.77. The largest absolute Gasteiger partial charge is 0.488 e. The SMILES string of the molecule is CNC(=O)[C@H]1CCCC[C@H]1C(=O)N1CCc2cccc(O[C@H]3CCN(C(=O)c4cncnc4)C3)c2C1CN1C(=O)c2ccccc2C1=O. The Kier molecular flexibility index (Phi) is 8.63. The molecule has 1 aliphatic carbocycles. The lowest BCUT2D eigenvalue weighted by Gasteiger charge is -2.43. The Morgan fingerprint density at radius 2 is 1.60 bits per heavy atom. The predicted octanol–water partition coefficient (Wildman–Crippen LogP) is 3.04. The van der Waals surface area contributed by atoms with E-state index in [9.17, 15) is 24.0 Å². The van der Waals surface area contributed by atoms with Gasteiger partial charge < -0.3 is 19.9 Å². The predicted molar refractivity (Wildman–Crippen MR) is 173 cm³/mol. The number of carbonyl (C=O) groups is 5. The zero-order chi connectivity index (χ0) is 33.4. The molecule has 1 aromatic heterocycles. The molecular formula is C36H38N6O6. The van der Waals surface area contributed by atoms with Crippen molar-refractivity contribution < 1.29 is 28.7 Å². The molecule has 3 aliphatic heterocycles. The van der Waals surface area contributed by atoms with Crippen LogP contribution in [0.3, 0.4) is 0 Å². The first-order chi connectivity index (χ1) is 23.4. The van der Waals surface area contributed by atoms with Crippen molar-refractivity contribution in [2.75, 3.05) is 33.2 Å². The van der Waals surface area contributed by atoms with Crippen molar-refractivity contribution in [3.05, 3.63) is 89.0 Å². The van der Waals surface area contributed by atoms with Gasteiger partial charge in [-0.2, -0.15) is 0 Å². The maximum absolute atomic E-state index is 14.5. The Hall–Kier alpha value is -5.13. The summed E-state index contributed by atoms with van der Waals surface area (Å²) in [5, 5.41) is 2.74. The van der Waals surface area contributed by atoms with Crippen LogP contribution in [0.25, 0.3) is 0 Å². The van der Waals surface area contributed by atoms with Gasteiger partial charge in [0.15, 0.2) is 0 Å². The highest BCUT2D eigenvalue weighted by Gasteiger charge is 2.45. The van der Waals surface area contributed by atoms with E-state index < -0.39 is 29.7 Å². The molecule has 1 N–H and O–H groups in total. The number of amides is 5. The molecule has 1 saturated carbocycles. The summed E-state index contributed by atoms with van der Waals surface area (Å²) in [6, 6.07) is 11.8. The maximum atomic E-state index is 14.5. The number of ether oxygens (including phenoxy) is 1. The summed E-state index contributed by atoms with van der Waals surface area (Å²) in [4.78, 5) is 80.4. The molecule has 7 rings (SSSR count). The van der Waals surface area contributed by atoms with E-state index >= 15 is 0 Å². The van der Waals surface area contributed by atoms with Gasteiger partial charge in [0.1, 0.15) is 18.2 Å². The number of likely N-dealkylation sites (tertiary alicyclic amines) is 1. The van der Waals surface area contributed by atoms with Crippen LogP contribution in [0.1, 0.15) is 80.3 Å². The van der Waals surface area contributed by atoms with E-state index in [4.69, 9.17) is 4.74 Å². The first-order valence-corrected chi connectivity index (χ1v) is 16.7. The fraction of sp³-hybridized carbons (Fsp3) is 0.417. The van der Waals surface area contributed by atoms with Gasteiger partial charge in [-0.3, -0.25) is 28.9 Å². The minimum Gasteiger partial charge on any atom is -0.488 e. The first kappa shape index (κ1) is 31.5. The average Bonchev–Trinajstić information content (AvgIpc) is 3.69. The monoisotopic (exact) mass is 650 g/mol. The van der Waals surface area contributed by atoms with E-state index in [2.05, 4.69) is 15.3 Å². The Balaban J connectivity index is 1.21. The van der Waals surface area contributed by atoms with Gasteiger partial charge in [-0.25, -0.2) is 9.97 Å². The van der Waals surface area contributed by atoms with Crippen molar-refractivity contribution in [3.63, 3.8) is 0 Å². The molecule has 3 aromatic rings. The molecule has 48 heavy (non-hydrogen) atoms. The quantitative estimate of drug-likeness (QED) is 0.385. The molecule has 4 aliphatic rings. The molecule has 12 nitrogen and oxygen atoms in total. The third-order valence-electron chi connectivity index (χ3n) is 10.2. The summed E-state index contributed by atoms with van der Waals surface area (Å²) in [6.45, 7) is 1.19. The van der Waals surface area contributed by atoms with Crippen LogP contribution < -0.4 is 10.1 Å². The van der Waals surface area contributed by atoms with Crippen LogP contribution in [0, 0.1) is 11.8 Å². The van der Waals surface area contributed by atoms with E-state index in [0.29, 0.717) is 67.8 Å².